The highest BCUT2D eigenvalue weighted by molar-refractivity contribution is 5.94. The third-order valence-electron chi connectivity index (χ3n) is 3.18. The molecule has 0 heterocycles. The van der Waals surface area contributed by atoms with Crippen molar-refractivity contribution >= 4 is 11.9 Å². The number of nitrogens with one attached hydrogen (secondary N) is 1. The molecular weight excluding hydrogens is 230 g/mol. The molecule has 4 heteroatoms. The van der Waals surface area contributed by atoms with Crippen LogP contribution >= 0.6 is 0 Å². The molecule has 0 saturated heterocycles. The summed E-state index contributed by atoms with van der Waals surface area (Å²) in [5.41, 5.74) is -0.191. The fourth-order valence-corrected chi connectivity index (χ4v) is 1.49. The monoisotopic (exact) mass is 249 g/mol. The highest BCUT2D eigenvalue weighted by atomic mass is 16.5. The summed E-state index contributed by atoms with van der Waals surface area (Å²) >= 11 is 0. The van der Waals surface area contributed by atoms with Gasteiger partial charge in [-0.3, -0.25) is 9.59 Å². The second kappa shape index (κ2) is 5.67. The van der Waals surface area contributed by atoms with Crippen LogP contribution in [0.4, 0.5) is 0 Å². The van der Waals surface area contributed by atoms with E-state index in [0.717, 1.165) is 0 Å². The van der Waals surface area contributed by atoms with Crippen LogP contribution in [0, 0.1) is 5.41 Å². The smallest absolute Gasteiger partial charge is 0.313 e. The van der Waals surface area contributed by atoms with Gasteiger partial charge in [0.2, 0.25) is 0 Å². The van der Waals surface area contributed by atoms with Crippen molar-refractivity contribution in [1.82, 2.24) is 5.32 Å². The lowest BCUT2D eigenvalue weighted by molar-refractivity contribution is -0.152. The number of amides is 1. The van der Waals surface area contributed by atoms with Crippen molar-refractivity contribution in [2.45, 2.75) is 26.8 Å². The summed E-state index contributed by atoms with van der Waals surface area (Å²) in [7, 11) is 1.34. The maximum atomic E-state index is 11.9. The maximum Gasteiger partial charge on any atom is 0.313 e. The van der Waals surface area contributed by atoms with Gasteiger partial charge in [0.05, 0.1) is 12.5 Å². The lowest BCUT2D eigenvalue weighted by Crippen LogP contribution is -2.47. The minimum Gasteiger partial charge on any atom is -0.469 e. The van der Waals surface area contributed by atoms with E-state index < -0.39 is 5.41 Å². The molecule has 4 nitrogen and oxygen atoms in total. The van der Waals surface area contributed by atoms with Gasteiger partial charge in [0, 0.05) is 11.6 Å². The van der Waals surface area contributed by atoms with E-state index >= 15 is 0 Å². The third-order valence-corrected chi connectivity index (χ3v) is 3.18. The Morgan fingerprint density at radius 2 is 1.78 bits per heavy atom. The molecule has 0 saturated carbocycles. The fourth-order valence-electron chi connectivity index (χ4n) is 1.49. The number of ether oxygens (including phenoxy) is 1. The number of carbonyl (C=O) groups is 2. The Labute approximate surface area is 107 Å². The van der Waals surface area contributed by atoms with Crippen molar-refractivity contribution < 1.29 is 14.3 Å². The zero-order valence-electron chi connectivity index (χ0n) is 11.2. The van der Waals surface area contributed by atoms with Gasteiger partial charge in [-0.25, -0.2) is 0 Å². The molecule has 98 valence electrons. The highest BCUT2D eigenvalue weighted by Crippen LogP contribution is 2.22. The Hall–Kier alpha value is -1.84. The molecule has 0 spiro atoms. The van der Waals surface area contributed by atoms with Crippen LogP contribution < -0.4 is 5.32 Å². The Balaban J connectivity index is 2.74. The van der Waals surface area contributed by atoms with E-state index in [9.17, 15) is 9.59 Å². The molecule has 18 heavy (non-hydrogen) atoms. The van der Waals surface area contributed by atoms with Gasteiger partial charge in [0.15, 0.2) is 0 Å². The molecule has 1 aromatic carbocycles. The van der Waals surface area contributed by atoms with Gasteiger partial charge in [0.1, 0.15) is 0 Å². The van der Waals surface area contributed by atoms with Crippen LogP contribution in [0.1, 0.15) is 31.1 Å². The highest BCUT2D eigenvalue weighted by Gasteiger charge is 2.36. The van der Waals surface area contributed by atoms with Crippen molar-refractivity contribution in [2.24, 2.45) is 5.41 Å². The Morgan fingerprint density at radius 1 is 1.22 bits per heavy atom. The van der Waals surface area contributed by atoms with Crippen LogP contribution in [-0.2, 0) is 9.53 Å². The van der Waals surface area contributed by atoms with E-state index in [4.69, 9.17) is 4.74 Å². The number of hydrogen-bond donors (Lipinski definition) is 1. The van der Waals surface area contributed by atoms with Crippen LogP contribution in [0.15, 0.2) is 30.3 Å². The van der Waals surface area contributed by atoms with E-state index in [1.165, 1.54) is 7.11 Å². The predicted octanol–water partition coefficient (Wildman–Crippen LogP) is 2.00. The molecule has 1 rings (SSSR count). The summed E-state index contributed by atoms with van der Waals surface area (Å²) < 4.78 is 4.73. The lowest BCUT2D eigenvalue weighted by atomic mass is 9.85. The second-order valence-corrected chi connectivity index (χ2v) is 4.77. The number of benzene rings is 1. The van der Waals surface area contributed by atoms with E-state index in [-0.39, 0.29) is 17.9 Å². The molecule has 1 unspecified atom stereocenters. The van der Waals surface area contributed by atoms with E-state index in [2.05, 4.69) is 5.32 Å². The average molecular weight is 249 g/mol. The van der Waals surface area contributed by atoms with Gasteiger partial charge >= 0.3 is 5.97 Å². The molecule has 1 N–H and O–H groups in total. The molecule has 1 aromatic rings. The Morgan fingerprint density at radius 3 is 2.28 bits per heavy atom. The van der Waals surface area contributed by atoms with E-state index in [0.29, 0.717) is 5.56 Å². The first-order chi connectivity index (χ1) is 8.39. The van der Waals surface area contributed by atoms with Gasteiger partial charge in [-0.2, -0.15) is 0 Å². The Kier molecular flexibility index (Phi) is 4.48. The molecule has 0 aliphatic heterocycles. The summed E-state index contributed by atoms with van der Waals surface area (Å²) in [6.45, 7) is 5.28. The minimum atomic E-state index is -0.765. The summed E-state index contributed by atoms with van der Waals surface area (Å²) in [6.07, 6.45) is 0. The zero-order valence-corrected chi connectivity index (χ0v) is 11.2. The minimum absolute atomic E-state index is 0.194. The zero-order chi connectivity index (χ0) is 13.8. The summed E-state index contributed by atoms with van der Waals surface area (Å²) in [6, 6.07) is 8.58. The van der Waals surface area contributed by atoms with Crippen LogP contribution in [0.25, 0.3) is 0 Å². The molecule has 0 aromatic heterocycles. The number of methoxy groups -OCH3 is 1. The Bertz CT molecular complexity index is 426. The lowest BCUT2D eigenvalue weighted by Gasteiger charge is -2.29. The van der Waals surface area contributed by atoms with Crippen LogP contribution in [0.3, 0.4) is 0 Å². The molecule has 1 amide bonds. The van der Waals surface area contributed by atoms with Gasteiger partial charge in [-0.05, 0) is 32.9 Å². The molecule has 0 aliphatic carbocycles. The van der Waals surface area contributed by atoms with Gasteiger partial charge < -0.3 is 10.1 Å². The van der Waals surface area contributed by atoms with Crippen molar-refractivity contribution in [3.8, 4) is 0 Å². The first-order valence-corrected chi connectivity index (χ1v) is 5.84. The SMILES string of the molecule is COC(=O)C(C)(C)C(C)NC(=O)c1ccccc1. The summed E-state index contributed by atoms with van der Waals surface area (Å²) in [4.78, 5) is 23.6. The maximum absolute atomic E-state index is 11.9. The topological polar surface area (TPSA) is 55.4 Å². The standard InChI is InChI=1S/C14H19NO3/c1-10(14(2,3)13(17)18-4)15-12(16)11-8-6-5-7-9-11/h5-10H,1-4H3,(H,15,16). The number of esters is 1. The van der Waals surface area contributed by atoms with Crippen molar-refractivity contribution in [1.29, 1.82) is 0 Å². The molecule has 1 atom stereocenters. The normalized spacial score (nSPS) is 12.7. The van der Waals surface area contributed by atoms with Gasteiger partial charge in [-0.15, -0.1) is 0 Å². The third kappa shape index (κ3) is 3.09. The molecule has 0 bridgehead atoms. The van der Waals surface area contributed by atoms with Crippen molar-refractivity contribution in [2.75, 3.05) is 7.11 Å². The first kappa shape index (κ1) is 14.2. The molecule has 0 aliphatic rings. The van der Waals surface area contributed by atoms with Crippen molar-refractivity contribution in [3.05, 3.63) is 35.9 Å². The molecular formula is C14H19NO3. The fraction of sp³-hybridized carbons (Fsp3) is 0.429. The van der Waals surface area contributed by atoms with Gasteiger partial charge in [0.25, 0.3) is 5.91 Å². The number of carbonyl (C=O) groups excluding carboxylic acids is 2. The van der Waals surface area contributed by atoms with E-state index in [1.54, 1.807) is 45.0 Å². The largest absolute Gasteiger partial charge is 0.469 e. The molecule has 0 radical (unpaired) electrons. The first-order valence-electron chi connectivity index (χ1n) is 5.84. The predicted molar refractivity (Wildman–Crippen MR) is 69.2 cm³/mol. The summed E-state index contributed by atoms with van der Waals surface area (Å²) in [5, 5.41) is 2.81. The number of rotatable bonds is 4. The molecule has 0 fully saturated rings. The van der Waals surface area contributed by atoms with E-state index in [1.807, 2.05) is 6.07 Å². The van der Waals surface area contributed by atoms with Crippen LogP contribution in [0.5, 0.6) is 0 Å². The van der Waals surface area contributed by atoms with Gasteiger partial charge in [-0.1, -0.05) is 18.2 Å². The second-order valence-electron chi connectivity index (χ2n) is 4.77. The summed E-state index contributed by atoms with van der Waals surface area (Å²) in [5.74, 6) is -0.538. The number of hydrogen-bond acceptors (Lipinski definition) is 3. The van der Waals surface area contributed by atoms with Crippen LogP contribution in [0.2, 0.25) is 0 Å². The van der Waals surface area contributed by atoms with Crippen LogP contribution in [-0.4, -0.2) is 25.0 Å². The van der Waals surface area contributed by atoms with Crippen molar-refractivity contribution in [3.63, 3.8) is 0 Å². The quantitative estimate of drug-likeness (QED) is 0.830. The average Bonchev–Trinajstić information content (AvgIpc) is 2.38.